The number of piperidine rings is 1. The van der Waals surface area contributed by atoms with E-state index in [4.69, 9.17) is 4.42 Å². The summed E-state index contributed by atoms with van der Waals surface area (Å²) in [5.74, 6) is 2.15. The summed E-state index contributed by atoms with van der Waals surface area (Å²) in [5.41, 5.74) is 0.958. The molecule has 0 N–H and O–H groups in total. The van der Waals surface area contributed by atoms with Crippen LogP contribution in [0, 0.1) is 19.8 Å². The Morgan fingerprint density at radius 3 is 2.88 bits per heavy atom. The number of aromatic nitrogens is 1. The second kappa shape index (κ2) is 5.00. The van der Waals surface area contributed by atoms with Crippen molar-refractivity contribution in [2.75, 3.05) is 13.1 Å². The highest BCUT2D eigenvalue weighted by molar-refractivity contribution is 5.78. The fourth-order valence-electron chi connectivity index (χ4n) is 2.33. The Hall–Kier alpha value is -1.16. The second-order valence-electron chi connectivity index (χ2n) is 4.93. The van der Waals surface area contributed by atoms with Gasteiger partial charge in [0, 0.05) is 12.5 Å². The maximum atomic E-state index is 11.4. The molecule has 1 fully saturated rings. The quantitative estimate of drug-likeness (QED) is 0.806. The fraction of sp³-hybridized carbons (Fsp3) is 0.692. The van der Waals surface area contributed by atoms with Crippen molar-refractivity contribution in [3.8, 4) is 0 Å². The number of nitrogens with zero attached hydrogens (tertiary/aromatic N) is 2. The molecule has 1 aliphatic heterocycles. The van der Waals surface area contributed by atoms with Crippen LogP contribution in [0.5, 0.6) is 0 Å². The highest BCUT2D eigenvalue weighted by Gasteiger charge is 2.24. The van der Waals surface area contributed by atoms with Crippen LogP contribution in [-0.4, -0.2) is 28.8 Å². The van der Waals surface area contributed by atoms with Gasteiger partial charge in [-0.15, -0.1) is 0 Å². The molecule has 0 bridgehead atoms. The van der Waals surface area contributed by atoms with Gasteiger partial charge in [0.05, 0.1) is 12.2 Å². The molecule has 0 saturated carbocycles. The SMILES string of the molecule is CC(=O)C1CCCN(Cc2nc(C)c(C)o2)C1. The molecular weight excluding hydrogens is 216 g/mol. The third-order valence-electron chi connectivity index (χ3n) is 3.51. The Morgan fingerprint density at radius 2 is 2.29 bits per heavy atom. The van der Waals surface area contributed by atoms with Crippen LogP contribution in [0.3, 0.4) is 0 Å². The van der Waals surface area contributed by atoms with E-state index in [1.54, 1.807) is 6.92 Å². The molecule has 4 nitrogen and oxygen atoms in total. The first-order chi connectivity index (χ1) is 8.06. The molecule has 4 heteroatoms. The van der Waals surface area contributed by atoms with E-state index in [1.807, 2.05) is 13.8 Å². The molecule has 0 aromatic carbocycles. The summed E-state index contributed by atoms with van der Waals surface area (Å²) in [7, 11) is 0. The predicted octanol–water partition coefficient (Wildman–Crippen LogP) is 2.09. The molecule has 1 aliphatic rings. The van der Waals surface area contributed by atoms with E-state index in [0.29, 0.717) is 5.78 Å². The lowest BCUT2D eigenvalue weighted by Gasteiger charge is -2.30. The van der Waals surface area contributed by atoms with E-state index in [-0.39, 0.29) is 5.92 Å². The number of hydrogen-bond donors (Lipinski definition) is 0. The largest absolute Gasteiger partial charge is 0.444 e. The smallest absolute Gasteiger partial charge is 0.208 e. The molecule has 94 valence electrons. The van der Waals surface area contributed by atoms with Crippen LogP contribution < -0.4 is 0 Å². The van der Waals surface area contributed by atoms with E-state index >= 15 is 0 Å². The van der Waals surface area contributed by atoms with Gasteiger partial charge in [-0.3, -0.25) is 9.69 Å². The second-order valence-corrected chi connectivity index (χ2v) is 4.93. The van der Waals surface area contributed by atoms with Gasteiger partial charge in [-0.2, -0.15) is 0 Å². The van der Waals surface area contributed by atoms with E-state index in [9.17, 15) is 4.79 Å². The molecular formula is C13H20N2O2. The number of ketones is 1. The molecule has 1 aromatic heterocycles. The summed E-state index contributed by atoms with van der Waals surface area (Å²) in [4.78, 5) is 18.0. The average molecular weight is 236 g/mol. The minimum atomic E-state index is 0.195. The van der Waals surface area contributed by atoms with Crippen LogP contribution >= 0.6 is 0 Å². The van der Waals surface area contributed by atoms with Crippen molar-refractivity contribution in [3.05, 3.63) is 17.3 Å². The molecule has 1 atom stereocenters. The third-order valence-corrected chi connectivity index (χ3v) is 3.51. The van der Waals surface area contributed by atoms with Crippen LogP contribution in [-0.2, 0) is 11.3 Å². The Kier molecular flexibility index (Phi) is 3.62. The number of carbonyl (C=O) groups excluding carboxylic acids is 1. The highest BCUT2D eigenvalue weighted by atomic mass is 16.4. The Labute approximate surface area is 102 Å². The van der Waals surface area contributed by atoms with Crippen molar-refractivity contribution in [1.82, 2.24) is 9.88 Å². The van der Waals surface area contributed by atoms with E-state index in [1.165, 1.54) is 0 Å². The standard InChI is InChI=1S/C13H20N2O2/c1-9-11(3)17-13(14-9)8-15-6-4-5-12(7-15)10(2)16/h12H,4-8H2,1-3H3. The maximum absolute atomic E-state index is 11.4. The first-order valence-corrected chi connectivity index (χ1v) is 6.22. The minimum absolute atomic E-state index is 0.195. The highest BCUT2D eigenvalue weighted by Crippen LogP contribution is 2.19. The lowest BCUT2D eigenvalue weighted by Crippen LogP contribution is -2.37. The lowest BCUT2D eigenvalue weighted by atomic mass is 9.95. The average Bonchev–Trinajstić information content (AvgIpc) is 2.58. The molecule has 0 amide bonds. The van der Waals surface area contributed by atoms with Gasteiger partial charge in [-0.25, -0.2) is 4.98 Å². The minimum Gasteiger partial charge on any atom is -0.444 e. The molecule has 1 aromatic rings. The normalized spacial score (nSPS) is 21.7. The monoisotopic (exact) mass is 236 g/mol. The van der Waals surface area contributed by atoms with Gasteiger partial charge in [0.25, 0.3) is 0 Å². The van der Waals surface area contributed by atoms with Gasteiger partial charge < -0.3 is 4.42 Å². The number of aryl methyl sites for hydroxylation is 2. The number of rotatable bonds is 3. The van der Waals surface area contributed by atoms with Gasteiger partial charge in [-0.05, 0) is 40.2 Å². The van der Waals surface area contributed by atoms with E-state index < -0.39 is 0 Å². The zero-order valence-corrected chi connectivity index (χ0v) is 10.8. The summed E-state index contributed by atoms with van der Waals surface area (Å²) in [6.45, 7) is 8.17. The molecule has 1 unspecified atom stereocenters. The molecule has 0 aliphatic carbocycles. The zero-order chi connectivity index (χ0) is 12.4. The summed E-state index contributed by atoms with van der Waals surface area (Å²) in [6, 6.07) is 0. The summed E-state index contributed by atoms with van der Waals surface area (Å²) < 4.78 is 5.58. The fourth-order valence-corrected chi connectivity index (χ4v) is 2.33. The van der Waals surface area contributed by atoms with Gasteiger partial charge in [0.1, 0.15) is 11.5 Å². The van der Waals surface area contributed by atoms with Crippen molar-refractivity contribution >= 4 is 5.78 Å². The maximum Gasteiger partial charge on any atom is 0.208 e. The topological polar surface area (TPSA) is 46.3 Å². The number of likely N-dealkylation sites (tertiary alicyclic amines) is 1. The Morgan fingerprint density at radius 1 is 1.53 bits per heavy atom. The van der Waals surface area contributed by atoms with Crippen LogP contribution in [0.15, 0.2) is 4.42 Å². The van der Waals surface area contributed by atoms with E-state index in [2.05, 4.69) is 9.88 Å². The lowest BCUT2D eigenvalue weighted by molar-refractivity contribution is -0.122. The molecule has 2 rings (SSSR count). The summed E-state index contributed by atoms with van der Waals surface area (Å²) in [6.07, 6.45) is 2.11. The summed E-state index contributed by atoms with van der Waals surface area (Å²) in [5, 5.41) is 0. The first kappa shape index (κ1) is 12.3. The van der Waals surface area contributed by atoms with Gasteiger partial charge in [-0.1, -0.05) is 0 Å². The molecule has 0 radical (unpaired) electrons. The Bertz CT molecular complexity index is 392. The van der Waals surface area contributed by atoms with Crippen molar-refractivity contribution in [1.29, 1.82) is 0 Å². The number of oxazole rings is 1. The zero-order valence-electron chi connectivity index (χ0n) is 10.8. The van der Waals surface area contributed by atoms with Crippen molar-refractivity contribution in [2.45, 2.75) is 40.2 Å². The number of Topliss-reactive ketones (excluding diaryl/α,β-unsaturated/α-hetero) is 1. The van der Waals surface area contributed by atoms with Crippen LogP contribution in [0.4, 0.5) is 0 Å². The van der Waals surface area contributed by atoms with Gasteiger partial charge in [0.2, 0.25) is 5.89 Å². The van der Waals surface area contributed by atoms with Crippen molar-refractivity contribution in [3.63, 3.8) is 0 Å². The molecule has 17 heavy (non-hydrogen) atoms. The Balaban J connectivity index is 1.96. The summed E-state index contributed by atoms with van der Waals surface area (Å²) >= 11 is 0. The van der Waals surface area contributed by atoms with Crippen LogP contribution in [0.2, 0.25) is 0 Å². The van der Waals surface area contributed by atoms with Crippen LogP contribution in [0.1, 0.15) is 37.1 Å². The van der Waals surface area contributed by atoms with Crippen molar-refractivity contribution < 1.29 is 9.21 Å². The number of carbonyl (C=O) groups is 1. The van der Waals surface area contributed by atoms with Gasteiger partial charge in [0.15, 0.2) is 0 Å². The first-order valence-electron chi connectivity index (χ1n) is 6.22. The van der Waals surface area contributed by atoms with Crippen LogP contribution in [0.25, 0.3) is 0 Å². The molecule has 1 saturated heterocycles. The van der Waals surface area contributed by atoms with E-state index in [0.717, 1.165) is 49.8 Å². The molecule has 0 spiro atoms. The number of hydrogen-bond acceptors (Lipinski definition) is 4. The predicted molar refractivity (Wildman–Crippen MR) is 64.7 cm³/mol. The third kappa shape index (κ3) is 2.94. The van der Waals surface area contributed by atoms with Crippen molar-refractivity contribution in [2.24, 2.45) is 5.92 Å². The van der Waals surface area contributed by atoms with Gasteiger partial charge >= 0.3 is 0 Å². The molecule has 2 heterocycles.